The van der Waals surface area contributed by atoms with Gasteiger partial charge in [0.1, 0.15) is 11.9 Å². The van der Waals surface area contributed by atoms with Crippen molar-refractivity contribution in [1.82, 2.24) is 10.2 Å². The summed E-state index contributed by atoms with van der Waals surface area (Å²) in [6.07, 6.45) is 1.29. The second kappa shape index (κ2) is 11.3. The van der Waals surface area contributed by atoms with Crippen molar-refractivity contribution in [2.45, 2.75) is 32.4 Å². The summed E-state index contributed by atoms with van der Waals surface area (Å²) in [5.74, 6) is -1.09. The van der Waals surface area contributed by atoms with E-state index in [0.29, 0.717) is 10.7 Å². The van der Waals surface area contributed by atoms with Crippen molar-refractivity contribution < 1.29 is 22.4 Å². The number of hydrogen-bond acceptors (Lipinski definition) is 4. The molecule has 0 saturated carbocycles. The zero-order valence-corrected chi connectivity index (χ0v) is 19.8. The number of benzene rings is 2. The molecule has 2 aromatic carbocycles. The molecular weight excluding hydrogens is 457 g/mol. The summed E-state index contributed by atoms with van der Waals surface area (Å²) < 4.78 is 38.8. The van der Waals surface area contributed by atoms with Gasteiger partial charge in [0.2, 0.25) is 21.8 Å². The van der Waals surface area contributed by atoms with Crippen molar-refractivity contribution in [1.29, 1.82) is 0 Å². The highest BCUT2D eigenvalue weighted by Crippen LogP contribution is 2.20. The van der Waals surface area contributed by atoms with E-state index in [1.54, 1.807) is 25.1 Å². The number of nitrogens with one attached hydrogen (secondary N) is 1. The van der Waals surface area contributed by atoms with Gasteiger partial charge in [-0.1, -0.05) is 23.7 Å². The van der Waals surface area contributed by atoms with Gasteiger partial charge in [0.05, 0.1) is 11.9 Å². The predicted octanol–water partition coefficient (Wildman–Crippen LogP) is 3.19. The minimum atomic E-state index is -3.63. The Morgan fingerprint density at radius 2 is 1.81 bits per heavy atom. The van der Waals surface area contributed by atoms with Crippen LogP contribution in [0.2, 0.25) is 5.02 Å². The maximum absolute atomic E-state index is 13.2. The number of rotatable bonds is 10. The molecule has 0 spiro atoms. The van der Waals surface area contributed by atoms with E-state index in [9.17, 15) is 22.4 Å². The summed E-state index contributed by atoms with van der Waals surface area (Å²) in [4.78, 5) is 26.6. The third-order valence-electron chi connectivity index (χ3n) is 4.92. The van der Waals surface area contributed by atoms with Gasteiger partial charge in [-0.25, -0.2) is 12.8 Å². The molecule has 1 N–H and O–H groups in total. The van der Waals surface area contributed by atoms with Crippen LogP contribution in [0.4, 0.5) is 10.1 Å². The van der Waals surface area contributed by atoms with Gasteiger partial charge >= 0.3 is 0 Å². The second-order valence-corrected chi connectivity index (χ2v) is 9.70. The van der Waals surface area contributed by atoms with E-state index in [1.807, 2.05) is 6.07 Å². The zero-order valence-electron chi connectivity index (χ0n) is 18.2. The molecule has 0 aromatic heterocycles. The lowest BCUT2D eigenvalue weighted by molar-refractivity contribution is -0.140. The average molecular weight is 484 g/mol. The summed E-state index contributed by atoms with van der Waals surface area (Å²) in [7, 11) is -2.14. The van der Waals surface area contributed by atoms with E-state index in [0.717, 1.165) is 16.1 Å². The van der Waals surface area contributed by atoms with Crippen LogP contribution in [-0.2, 0) is 26.2 Å². The van der Waals surface area contributed by atoms with Crippen molar-refractivity contribution in [3.8, 4) is 0 Å². The number of sulfonamides is 1. The fraction of sp³-hybridized carbons (Fsp3) is 0.364. The molecule has 174 valence electrons. The SMILES string of the molecule is CNC(=O)[C@H](C)N(Cc1cccc(Cl)c1)C(=O)CCCN(c1ccc(F)cc1)S(C)(=O)=O. The van der Waals surface area contributed by atoms with Crippen LogP contribution in [0.5, 0.6) is 0 Å². The van der Waals surface area contributed by atoms with Crippen molar-refractivity contribution in [3.05, 3.63) is 64.9 Å². The molecule has 2 amide bonds. The summed E-state index contributed by atoms with van der Waals surface area (Å²) in [6, 6.07) is 11.4. The van der Waals surface area contributed by atoms with Crippen LogP contribution in [0.15, 0.2) is 48.5 Å². The minimum Gasteiger partial charge on any atom is -0.357 e. The maximum atomic E-state index is 13.2. The topological polar surface area (TPSA) is 86.8 Å². The smallest absolute Gasteiger partial charge is 0.242 e. The second-order valence-electron chi connectivity index (χ2n) is 7.36. The highest BCUT2D eigenvalue weighted by molar-refractivity contribution is 7.92. The number of anilines is 1. The fourth-order valence-electron chi connectivity index (χ4n) is 3.23. The molecule has 0 heterocycles. The van der Waals surface area contributed by atoms with Crippen molar-refractivity contribution in [2.75, 3.05) is 24.2 Å². The molecule has 10 heteroatoms. The summed E-state index contributed by atoms with van der Waals surface area (Å²) >= 11 is 6.04. The van der Waals surface area contributed by atoms with E-state index in [2.05, 4.69) is 5.32 Å². The largest absolute Gasteiger partial charge is 0.357 e. The number of hydrogen-bond donors (Lipinski definition) is 1. The van der Waals surface area contributed by atoms with Crippen LogP contribution >= 0.6 is 11.6 Å². The van der Waals surface area contributed by atoms with Gasteiger partial charge in [-0.3, -0.25) is 13.9 Å². The molecule has 2 rings (SSSR count). The molecule has 0 radical (unpaired) electrons. The minimum absolute atomic E-state index is 0.0229. The standard InChI is InChI=1S/C22H27ClFN3O4S/c1-16(22(29)25-2)26(15-17-6-4-7-18(23)14-17)21(28)8-5-13-27(32(3,30)31)20-11-9-19(24)10-12-20/h4,6-7,9-12,14,16H,5,8,13,15H2,1-3H3,(H,25,29)/t16-/m0/s1. The maximum Gasteiger partial charge on any atom is 0.242 e. The van der Waals surface area contributed by atoms with Crippen LogP contribution < -0.4 is 9.62 Å². The van der Waals surface area contributed by atoms with Crippen LogP contribution in [0.1, 0.15) is 25.3 Å². The molecule has 1 atom stereocenters. The number of amides is 2. The van der Waals surface area contributed by atoms with Gasteiger partial charge in [-0.05, 0) is 55.3 Å². The van der Waals surface area contributed by atoms with Crippen LogP contribution in [-0.4, -0.2) is 51.0 Å². The van der Waals surface area contributed by atoms with Crippen LogP contribution in [0, 0.1) is 5.82 Å². The molecule has 0 fully saturated rings. The van der Waals surface area contributed by atoms with Crippen molar-refractivity contribution in [3.63, 3.8) is 0 Å². The van der Waals surface area contributed by atoms with Gasteiger partial charge in [0.15, 0.2) is 0 Å². The number of carbonyl (C=O) groups excluding carboxylic acids is 2. The fourth-order valence-corrected chi connectivity index (χ4v) is 4.41. The van der Waals surface area contributed by atoms with Crippen molar-refractivity contribution >= 4 is 39.1 Å². The van der Waals surface area contributed by atoms with Crippen molar-refractivity contribution in [2.24, 2.45) is 0 Å². The third-order valence-corrected chi connectivity index (χ3v) is 6.35. The lowest BCUT2D eigenvalue weighted by atomic mass is 10.1. The van der Waals surface area contributed by atoms with Gasteiger partial charge in [0, 0.05) is 31.6 Å². The number of halogens is 2. The first-order valence-corrected chi connectivity index (χ1v) is 12.2. The Kier molecular flexibility index (Phi) is 9.03. The molecule has 0 unspecified atom stereocenters. The Hall–Kier alpha value is -2.65. The van der Waals surface area contributed by atoms with Crippen LogP contribution in [0.25, 0.3) is 0 Å². The molecule has 7 nitrogen and oxygen atoms in total. The highest BCUT2D eigenvalue weighted by atomic mass is 35.5. The predicted molar refractivity (Wildman–Crippen MR) is 123 cm³/mol. The van der Waals surface area contributed by atoms with Gasteiger partial charge < -0.3 is 10.2 Å². The lowest BCUT2D eigenvalue weighted by Gasteiger charge is -2.29. The monoisotopic (exact) mass is 483 g/mol. The van der Waals surface area contributed by atoms with E-state index in [4.69, 9.17) is 11.6 Å². The van der Waals surface area contributed by atoms with Gasteiger partial charge in [-0.15, -0.1) is 0 Å². The Balaban J connectivity index is 2.13. The Bertz CT molecular complexity index is 1050. The summed E-state index contributed by atoms with van der Waals surface area (Å²) in [5.41, 5.74) is 1.08. The molecule has 0 saturated heterocycles. The van der Waals surface area contributed by atoms with E-state index in [1.165, 1.54) is 36.2 Å². The Morgan fingerprint density at radius 3 is 2.38 bits per heavy atom. The first-order chi connectivity index (χ1) is 15.0. The van der Waals surface area contributed by atoms with E-state index in [-0.39, 0.29) is 37.7 Å². The third kappa shape index (κ3) is 7.20. The van der Waals surface area contributed by atoms with Gasteiger partial charge in [0.25, 0.3) is 0 Å². The molecule has 2 aromatic rings. The average Bonchev–Trinajstić information content (AvgIpc) is 2.74. The Morgan fingerprint density at radius 1 is 1.16 bits per heavy atom. The molecule has 0 bridgehead atoms. The molecular formula is C22H27ClFN3O4S. The summed E-state index contributed by atoms with van der Waals surface area (Å²) in [5, 5.41) is 3.06. The zero-order chi connectivity index (χ0) is 23.9. The highest BCUT2D eigenvalue weighted by Gasteiger charge is 2.26. The summed E-state index contributed by atoms with van der Waals surface area (Å²) in [6.45, 7) is 1.85. The molecule has 0 aliphatic carbocycles. The molecule has 0 aliphatic rings. The van der Waals surface area contributed by atoms with E-state index >= 15 is 0 Å². The first-order valence-electron chi connectivity index (χ1n) is 10.0. The molecule has 32 heavy (non-hydrogen) atoms. The first kappa shape index (κ1) is 25.6. The number of likely N-dealkylation sites (N-methyl/N-ethyl adjacent to an activating group) is 1. The van der Waals surface area contributed by atoms with Gasteiger partial charge in [-0.2, -0.15) is 0 Å². The molecule has 0 aliphatic heterocycles. The number of carbonyl (C=O) groups is 2. The van der Waals surface area contributed by atoms with Crippen LogP contribution in [0.3, 0.4) is 0 Å². The normalized spacial score (nSPS) is 12.2. The quantitative estimate of drug-likeness (QED) is 0.562. The van der Waals surface area contributed by atoms with E-state index < -0.39 is 21.9 Å². The lowest BCUT2D eigenvalue weighted by Crippen LogP contribution is -2.46. The number of nitrogens with zero attached hydrogens (tertiary/aromatic N) is 2. The Labute approximate surface area is 193 Å².